The zero-order chi connectivity index (χ0) is 17.4. The van der Waals surface area contributed by atoms with Crippen molar-refractivity contribution < 1.29 is 4.79 Å². The molecule has 0 radical (unpaired) electrons. The molecule has 1 aromatic carbocycles. The van der Waals surface area contributed by atoms with Gasteiger partial charge in [0.15, 0.2) is 0 Å². The lowest BCUT2D eigenvalue weighted by Crippen LogP contribution is -2.29. The lowest BCUT2D eigenvalue weighted by molar-refractivity contribution is 0.0780. The molecular weight excluding hydrogens is 372 g/mol. The van der Waals surface area contributed by atoms with Gasteiger partial charge in [-0.25, -0.2) is 4.98 Å². The standard InChI is InChI=1S/C18H18N4O2S.ClH/c1-22(10-15-20-14-7-9-25-16(14)17(23)21-15)18(24)12-4-2-6-13-11(12)5-3-8-19-13;/h2,4,6-7,9,19H,3,5,8,10H2,1H3,(H,20,21,23);1H. The highest BCUT2D eigenvalue weighted by molar-refractivity contribution is 7.17. The third-order valence-electron chi connectivity index (χ3n) is 4.42. The van der Waals surface area contributed by atoms with Crippen LogP contribution >= 0.6 is 23.7 Å². The Bertz CT molecular complexity index is 1010. The number of halogens is 1. The van der Waals surface area contributed by atoms with Gasteiger partial charge in [-0.1, -0.05) is 6.07 Å². The normalized spacial score (nSPS) is 12.8. The number of aromatic amines is 1. The number of anilines is 1. The van der Waals surface area contributed by atoms with E-state index in [0.29, 0.717) is 21.6 Å². The van der Waals surface area contributed by atoms with Crippen molar-refractivity contribution in [3.63, 3.8) is 0 Å². The second kappa shape index (κ2) is 7.47. The molecule has 2 N–H and O–H groups in total. The summed E-state index contributed by atoms with van der Waals surface area (Å²) in [5.41, 5.74) is 3.34. The fraction of sp³-hybridized carbons (Fsp3) is 0.278. The summed E-state index contributed by atoms with van der Waals surface area (Å²) in [7, 11) is 1.73. The van der Waals surface area contributed by atoms with E-state index in [9.17, 15) is 9.59 Å². The quantitative estimate of drug-likeness (QED) is 0.720. The number of carbonyl (C=O) groups is 1. The van der Waals surface area contributed by atoms with Crippen LogP contribution in [0.25, 0.3) is 10.2 Å². The van der Waals surface area contributed by atoms with Crippen LogP contribution in [0.1, 0.15) is 28.2 Å². The highest BCUT2D eigenvalue weighted by Crippen LogP contribution is 2.26. The maximum atomic E-state index is 12.9. The lowest BCUT2D eigenvalue weighted by Gasteiger charge is -2.23. The molecule has 0 atom stereocenters. The average Bonchev–Trinajstić information content (AvgIpc) is 3.09. The van der Waals surface area contributed by atoms with Gasteiger partial charge in [0.1, 0.15) is 10.5 Å². The summed E-state index contributed by atoms with van der Waals surface area (Å²) < 4.78 is 0.612. The molecule has 136 valence electrons. The molecule has 26 heavy (non-hydrogen) atoms. The van der Waals surface area contributed by atoms with E-state index in [4.69, 9.17) is 0 Å². The van der Waals surface area contributed by atoms with Gasteiger partial charge in [0.2, 0.25) is 0 Å². The number of fused-ring (bicyclic) bond motifs is 2. The SMILES string of the molecule is CN(Cc1nc2ccsc2c(=O)[nH]1)C(=O)c1cccc2c1CCCN2.Cl. The Morgan fingerprint density at radius 3 is 3.04 bits per heavy atom. The van der Waals surface area contributed by atoms with Crippen molar-refractivity contribution in [3.8, 4) is 0 Å². The van der Waals surface area contributed by atoms with Crippen LogP contribution in [0, 0.1) is 0 Å². The number of nitrogens with zero attached hydrogens (tertiary/aromatic N) is 2. The summed E-state index contributed by atoms with van der Waals surface area (Å²) in [6.07, 6.45) is 1.92. The van der Waals surface area contributed by atoms with Gasteiger partial charge < -0.3 is 15.2 Å². The van der Waals surface area contributed by atoms with Crippen LogP contribution in [-0.4, -0.2) is 34.4 Å². The summed E-state index contributed by atoms with van der Waals surface area (Å²) in [5, 5.41) is 5.18. The first-order valence-corrected chi connectivity index (χ1v) is 9.09. The predicted octanol–water partition coefficient (Wildman–Crippen LogP) is 3.04. The first-order valence-electron chi connectivity index (χ1n) is 8.21. The number of aromatic nitrogens is 2. The summed E-state index contributed by atoms with van der Waals surface area (Å²) in [4.78, 5) is 33.8. The van der Waals surface area contributed by atoms with E-state index in [1.165, 1.54) is 11.3 Å². The first kappa shape index (κ1) is 18.4. The van der Waals surface area contributed by atoms with E-state index >= 15 is 0 Å². The molecule has 4 rings (SSSR count). The minimum atomic E-state index is -0.155. The van der Waals surface area contributed by atoms with Crippen LogP contribution in [0.2, 0.25) is 0 Å². The smallest absolute Gasteiger partial charge is 0.268 e. The van der Waals surface area contributed by atoms with Crippen molar-refractivity contribution in [1.82, 2.24) is 14.9 Å². The molecule has 2 aromatic heterocycles. The molecular formula is C18H19ClN4O2S. The molecule has 0 unspecified atom stereocenters. The Labute approximate surface area is 160 Å². The monoisotopic (exact) mass is 390 g/mol. The van der Waals surface area contributed by atoms with Crippen molar-refractivity contribution in [1.29, 1.82) is 0 Å². The summed E-state index contributed by atoms with van der Waals surface area (Å²) in [6, 6.07) is 7.59. The van der Waals surface area contributed by atoms with Crippen molar-refractivity contribution in [2.45, 2.75) is 19.4 Å². The Balaban J connectivity index is 0.00000196. The molecule has 1 amide bonds. The number of amides is 1. The van der Waals surface area contributed by atoms with Crippen molar-refractivity contribution in [2.75, 3.05) is 18.9 Å². The maximum Gasteiger partial charge on any atom is 0.268 e. The maximum absolute atomic E-state index is 12.9. The number of carbonyl (C=O) groups excluding carboxylic acids is 1. The third kappa shape index (κ3) is 3.32. The van der Waals surface area contributed by atoms with Crippen LogP contribution in [-0.2, 0) is 13.0 Å². The van der Waals surface area contributed by atoms with E-state index in [-0.39, 0.29) is 30.4 Å². The molecule has 3 heterocycles. The number of hydrogen-bond acceptors (Lipinski definition) is 5. The number of nitrogens with one attached hydrogen (secondary N) is 2. The fourth-order valence-electron chi connectivity index (χ4n) is 3.21. The Kier molecular flexibility index (Phi) is 5.29. The first-order chi connectivity index (χ1) is 12.1. The van der Waals surface area contributed by atoms with E-state index in [0.717, 1.165) is 30.6 Å². The van der Waals surface area contributed by atoms with E-state index in [1.807, 2.05) is 29.6 Å². The van der Waals surface area contributed by atoms with Gasteiger partial charge in [-0.15, -0.1) is 23.7 Å². The second-order valence-corrected chi connectivity index (χ2v) is 7.09. The number of H-pyrrole nitrogens is 1. The van der Waals surface area contributed by atoms with Gasteiger partial charge in [0, 0.05) is 24.8 Å². The number of thiophene rings is 1. The van der Waals surface area contributed by atoms with Gasteiger partial charge in [-0.2, -0.15) is 0 Å². The third-order valence-corrected chi connectivity index (χ3v) is 5.33. The lowest BCUT2D eigenvalue weighted by atomic mass is 9.97. The average molecular weight is 391 g/mol. The van der Waals surface area contributed by atoms with Gasteiger partial charge in [-0.05, 0) is 42.0 Å². The van der Waals surface area contributed by atoms with E-state index in [1.54, 1.807) is 11.9 Å². The van der Waals surface area contributed by atoms with Gasteiger partial charge in [0.25, 0.3) is 11.5 Å². The molecule has 1 aliphatic heterocycles. The van der Waals surface area contributed by atoms with Gasteiger partial charge in [-0.3, -0.25) is 9.59 Å². The molecule has 0 saturated carbocycles. The van der Waals surface area contributed by atoms with Crippen LogP contribution in [0.15, 0.2) is 34.4 Å². The number of benzene rings is 1. The van der Waals surface area contributed by atoms with Crippen LogP contribution < -0.4 is 10.9 Å². The van der Waals surface area contributed by atoms with E-state index in [2.05, 4.69) is 15.3 Å². The van der Waals surface area contributed by atoms with Crippen LogP contribution in [0.4, 0.5) is 5.69 Å². The molecule has 0 bridgehead atoms. The molecule has 1 aliphatic rings. The molecule has 8 heteroatoms. The topological polar surface area (TPSA) is 78.1 Å². The minimum absolute atomic E-state index is 0. The van der Waals surface area contributed by atoms with Gasteiger partial charge in [0.05, 0.1) is 12.1 Å². The summed E-state index contributed by atoms with van der Waals surface area (Å²) >= 11 is 1.37. The number of hydrogen-bond donors (Lipinski definition) is 2. The second-order valence-electron chi connectivity index (χ2n) is 6.17. The summed E-state index contributed by atoms with van der Waals surface area (Å²) in [6.45, 7) is 1.20. The van der Waals surface area contributed by atoms with E-state index < -0.39 is 0 Å². The molecule has 3 aromatic rings. The Morgan fingerprint density at radius 2 is 2.19 bits per heavy atom. The predicted molar refractivity (Wildman–Crippen MR) is 107 cm³/mol. The van der Waals surface area contributed by atoms with Crippen LogP contribution in [0.3, 0.4) is 0 Å². The number of rotatable bonds is 3. The zero-order valence-electron chi connectivity index (χ0n) is 14.2. The Hall–Kier alpha value is -2.38. The summed E-state index contributed by atoms with van der Waals surface area (Å²) in [5.74, 6) is 0.434. The molecule has 6 nitrogen and oxygen atoms in total. The zero-order valence-corrected chi connectivity index (χ0v) is 15.9. The largest absolute Gasteiger partial charge is 0.385 e. The van der Waals surface area contributed by atoms with Crippen LogP contribution in [0.5, 0.6) is 0 Å². The molecule has 0 aliphatic carbocycles. The van der Waals surface area contributed by atoms with Crippen molar-refractivity contribution in [2.24, 2.45) is 0 Å². The molecule has 0 fully saturated rings. The molecule has 0 spiro atoms. The highest BCUT2D eigenvalue weighted by Gasteiger charge is 2.20. The highest BCUT2D eigenvalue weighted by atomic mass is 35.5. The van der Waals surface area contributed by atoms with Gasteiger partial charge >= 0.3 is 0 Å². The Morgan fingerprint density at radius 1 is 1.35 bits per heavy atom. The fourth-order valence-corrected chi connectivity index (χ4v) is 3.93. The van der Waals surface area contributed by atoms with Crippen molar-refractivity contribution >= 4 is 45.6 Å². The molecule has 0 saturated heterocycles. The van der Waals surface area contributed by atoms with Crippen molar-refractivity contribution in [3.05, 3.63) is 57.0 Å². The minimum Gasteiger partial charge on any atom is -0.385 e.